The molecule has 80 valence electrons. The molecule has 2 aliphatic carbocycles. The third kappa shape index (κ3) is 1.09. The lowest BCUT2D eigenvalue weighted by atomic mass is 9.56. The monoisotopic (exact) mass is 198 g/mol. The minimum atomic E-state index is -1.15. The van der Waals surface area contributed by atoms with E-state index in [9.17, 15) is 15.0 Å². The Hall–Kier alpha value is -0.410. The second kappa shape index (κ2) is 3.04. The summed E-state index contributed by atoms with van der Waals surface area (Å²) in [7, 11) is 0. The highest BCUT2D eigenvalue weighted by Crippen LogP contribution is 2.50. The van der Waals surface area contributed by atoms with Crippen molar-refractivity contribution in [3.05, 3.63) is 0 Å². The number of carbonyl (C=O) groups is 1. The summed E-state index contributed by atoms with van der Waals surface area (Å²) in [6, 6.07) is 0. The molecule has 0 unspecified atom stereocenters. The molecule has 0 saturated heterocycles. The van der Waals surface area contributed by atoms with Gasteiger partial charge in [0.25, 0.3) is 0 Å². The summed E-state index contributed by atoms with van der Waals surface area (Å²) in [6.07, 6.45) is 3.31. The van der Waals surface area contributed by atoms with E-state index in [0.717, 1.165) is 12.8 Å². The highest BCUT2D eigenvalue weighted by Gasteiger charge is 2.58. The van der Waals surface area contributed by atoms with Gasteiger partial charge in [0, 0.05) is 6.42 Å². The summed E-state index contributed by atoms with van der Waals surface area (Å²) >= 11 is 0. The Bertz CT molecular complexity index is 263. The van der Waals surface area contributed by atoms with Crippen molar-refractivity contribution >= 4 is 5.78 Å². The maximum absolute atomic E-state index is 11.8. The number of hydrogen-bond acceptors (Lipinski definition) is 3. The van der Waals surface area contributed by atoms with Crippen LogP contribution in [0.2, 0.25) is 0 Å². The zero-order chi connectivity index (χ0) is 10.4. The van der Waals surface area contributed by atoms with Crippen LogP contribution < -0.4 is 0 Å². The van der Waals surface area contributed by atoms with Crippen LogP contribution in [0.4, 0.5) is 0 Å². The number of fused-ring (bicyclic) bond motifs is 1. The van der Waals surface area contributed by atoms with Crippen LogP contribution in [0.5, 0.6) is 0 Å². The fraction of sp³-hybridized carbons (Fsp3) is 0.909. The SMILES string of the molecule is C[C@@]12CCC[C@@H](O)[C@]1(O)CCCC2=O. The van der Waals surface area contributed by atoms with E-state index < -0.39 is 17.1 Å². The molecule has 0 aromatic rings. The lowest BCUT2D eigenvalue weighted by Gasteiger charge is -2.52. The Morgan fingerprint density at radius 3 is 2.71 bits per heavy atom. The molecule has 0 radical (unpaired) electrons. The quantitative estimate of drug-likeness (QED) is 0.611. The second-order valence-electron chi connectivity index (χ2n) is 4.94. The fourth-order valence-electron chi connectivity index (χ4n) is 3.09. The predicted octanol–water partition coefficient (Wildman–Crippen LogP) is 1.02. The molecule has 2 rings (SSSR count). The molecule has 0 aromatic heterocycles. The third-order valence-electron chi connectivity index (χ3n) is 4.24. The summed E-state index contributed by atoms with van der Waals surface area (Å²) < 4.78 is 0. The van der Waals surface area contributed by atoms with Gasteiger partial charge in [-0.1, -0.05) is 0 Å². The summed E-state index contributed by atoms with van der Waals surface area (Å²) in [4.78, 5) is 11.8. The molecular weight excluding hydrogens is 180 g/mol. The molecule has 2 fully saturated rings. The van der Waals surface area contributed by atoms with Crippen molar-refractivity contribution in [2.75, 3.05) is 0 Å². The Labute approximate surface area is 84.1 Å². The number of rotatable bonds is 0. The molecule has 0 amide bonds. The second-order valence-corrected chi connectivity index (χ2v) is 4.94. The van der Waals surface area contributed by atoms with Crippen LogP contribution in [-0.2, 0) is 4.79 Å². The molecule has 0 bridgehead atoms. The van der Waals surface area contributed by atoms with Gasteiger partial charge in [0.15, 0.2) is 0 Å². The highest BCUT2D eigenvalue weighted by molar-refractivity contribution is 5.87. The lowest BCUT2D eigenvalue weighted by molar-refractivity contribution is -0.197. The van der Waals surface area contributed by atoms with Crippen molar-refractivity contribution in [3.8, 4) is 0 Å². The Kier molecular flexibility index (Phi) is 2.20. The van der Waals surface area contributed by atoms with Gasteiger partial charge in [-0.05, 0) is 39.0 Å². The zero-order valence-electron chi connectivity index (χ0n) is 8.62. The number of aliphatic hydroxyl groups is 2. The van der Waals surface area contributed by atoms with E-state index in [1.807, 2.05) is 6.92 Å². The molecule has 0 aliphatic heterocycles. The van der Waals surface area contributed by atoms with E-state index in [1.165, 1.54) is 0 Å². The first-order chi connectivity index (χ1) is 6.51. The minimum Gasteiger partial charge on any atom is -0.390 e. The molecule has 2 saturated carbocycles. The van der Waals surface area contributed by atoms with E-state index in [4.69, 9.17) is 0 Å². The summed E-state index contributed by atoms with van der Waals surface area (Å²) in [5.41, 5.74) is -1.84. The molecule has 3 nitrogen and oxygen atoms in total. The van der Waals surface area contributed by atoms with Crippen LogP contribution in [0.15, 0.2) is 0 Å². The van der Waals surface area contributed by atoms with Gasteiger partial charge in [0.05, 0.1) is 11.5 Å². The van der Waals surface area contributed by atoms with E-state index in [1.54, 1.807) is 0 Å². The summed E-state index contributed by atoms with van der Waals surface area (Å²) in [5.74, 6) is 0.130. The van der Waals surface area contributed by atoms with E-state index in [2.05, 4.69) is 0 Å². The van der Waals surface area contributed by atoms with Crippen LogP contribution in [0.1, 0.15) is 45.4 Å². The van der Waals surface area contributed by atoms with Crippen LogP contribution in [0.25, 0.3) is 0 Å². The highest BCUT2D eigenvalue weighted by atomic mass is 16.3. The Morgan fingerprint density at radius 2 is 2.07 bits per heavy atom. The van der Waals surface area contributed by atoms with Gasteiger partial charge in [-0.15, -0.1) is 0 Å². The van der Waals surface area contributed by atoms with Crippen molar-refractivity contribution < 1.29 is 15.0 Å². The Morgan fingerprint density at radius 1 is 1.36 bits per heavy atom. The van der Waals surface area contributed by atoms with Gasteiger partial charge in [-0.25, -0.2) is 0 Å². The maximum atomic E-state index is 11.8. The molecule has 2 N–H and O–H groups in total. The molecule has 3 atom stereocenters. The number of ketones is 1. The third-order valence-corrected chi connectivity index (χ3v) is 4.24. The number of hydrogen-bond donors (Lipinski definition) is 2. The van der Waals surface area contributed by atoms with Crippen molar-refractivity contribution in [1.29, 1.82) is 0 Å². The van der Waals surface area contributed by atoms with Crippen molar-refractivity contribution in [2.45, 2.75) is 57.2 Å². The fourth-order valence-corrected chi connectivity index (χ4v) is 3.09. The van der Waals surface area contributed by atoms with Crippen LogP contribution in [0, 0.1) is 5.41 Å². The van der Waals surface area contributed by atoms with Crippen LogP contribution in [0.3, 0.4) is 0 Å². The van der Waals surface area contributed by atoms with Gasteiger partial charge in [0.1, 0.15) is 11.4 Å². The van der Waals surface area contributed by atoms with Gasteiger partial charge in [0.2, 0.25) is 0 Å². The normalized spacial score (nSPS) is 48.8. The summed E-state index contributed by atoms with van der Waals surface area (Å²) in [6.45, 7) is 1.82. The standard InChI is InChI=1S/C11H18O3/c1-10-6-2-5-9(13)11(10,14)7-3-4-8(10)12/h9,13-14H,2-7H2,1H3/t9-,10+,11-/m1/s1. The minimum absolute atomic E-state index is 0.130. The van der Waals surface area contributed by atoms with E-state index >= 15 is 0 Å². The lowest BCUT2D eigenvalue weighted by Crippen LogP contribution is -2.62. The Balaban J connectivity index is 2.38. The number of Topliss-reactive ketones (excluding diaryl/α,β-unsaturated/α-hetero) is 1. The number of carbonyl (C=O) groups excluding carboxylic acids is 1. The molecule has 0 heterocycles. The first kappa shape index (κ1) is 10.1. The first-order valence-corrected chi connectivity index (χ1v) is 5.44. The largest absolute Gasteiger partial charge is 0.390 e. The molecule has 2 aliphatic rings. The summed E-state index contributed by atoms with van der Waals surface area (Å²) in [5, 5.41) is 20.3. The zero-order valence-corrected chi connectivity index (χ0v) is 8.62. The average molecular weight is 198 g/mol. The van der Waals surface area contributed by atoms with E-state index in [-0.39, 0.29) is 5.78 Å². The van der Waals surface area contributed by atoms with Gasteiger partial charge in [-0.2, -0.15) is 0 Å². The molecule has 0 spiro atoms. The maximum Gasteiger partial charge on any atom is 0.141 e. The average Bonchev–Trinajstić information content (AvgIpc) is 2.13. The predicted molar refractivity (Wildman–Crippen MR) is 51.8 cm³/mol. The molecular formula is C11H18O3. The molecule has 0 aromatic carbocycles. The molecule has 3 heteroatoms. The van der Waals surface area contributed by atoms with Crippen LogP contribution in [-0.4, -0.2) is 27.7 Å². The molecule has 14 heavy (non-hydrogen) atoms. The van der Waals surface area contributed by atoms with Gasteiger partial charge in [-0.3, -0.25) is 4.79 Å². The van der Waals surface area contributed by atoms with Crippen molar-refractivity contribution in [1.82, 2.24) is 0 Å². The van der Waals surface area contributed by atoms with Gasteiger partial charge >= 0.3 is 0 Å². The van der Waals surface area contributed by atoms with Crippen molar-refractivity contribution in [3.63, 3.8) is 0 Å². The van der Waals surface area contributed by atoms with Crippen molar-refractivity contribution in [2.24, 2.45) is 5.41 Å². The topological polar surface area (TPSA) is 57.5 Å². The van der Waals surface area contributed by atoms with Gasteiger partial charge < -0.3 is 10.2 Å². The number of aliphatic hydroxyl groups excluding tert-OH is 1. The van der Waals surface area contributed by atoms with Crippen LogP contribution >= 0.6 is 0 Å². The van der Waals surface area contributed by atoms with E-state index in [0.29, 0.717) is 25.7 Å². The first-order valence-electron chi connectivity index (χ1n) is 5.44. The smallest absolute Gasteiger partial charge is 0.141 e.